The summed E-state index contributed by atoms with van der Waals surface area (Å²) in [5.41, 5.74) is 8.33. The van der Waals surface area contributed by atoms with Crippen molar-refractivity contribution < 1.29 is 9.53 Å². The van der Waals surface area contributed by atoms with E-state index >= 15 is 0 Å². The molecule has 0 radical (unpaired) electrons. The second-order valence-corrected chi connectivity index (χ2v) is 5.92. The van der Waals surface area contributed by atoms with Gasteiger partial charge < -0.3 is 15.4 Å². The van der Waals surface area contributed by atoms with Gasteiger partial charge in [-0.15, -0.1) is 0 Å². The summed E-state index contributed by atoms with van der Waals surface area (Å²) in [5.74, 6) is -0.379. The first-order valence-corrected chi connectivity index (χ1v) is 6.66. The van der Waals surface area contributed by atoms with Crippen LogP contribution < -0.4 is 10.6 Å². The first kappa shape index (κ1) is 13.7. The first-order valence-electron chi connectivity index (χ1n) is 6.66. The summed E-state index contributed by atoms with van der Waals surface area (Å²) >= 11 is 0. The van der Waals surface area contributed by atoms with Crippen LogP contribution in [0.2, 0.25) is 0 Å². The molecule has 0 aromatic heterocycles. The van der Waals surface area contributed by atoms with Crippen molar-refractivity contribution in [1.82, 2.24) is 0 Å². The van der Waals surface area contributed by atoms with Gasteiger partial charge in [-0.2, -0.15) is 0 Å². The van der Waals surface area contributed by atoms with E-state index in [9.17, 15) is 4.79 Å². The highest BCUT2D eigenvalue weighted by molar-refractivity contribution is 5.98. The lowest BCUT2D eigenvalue weighted by Crippen LogP contribution is -2.40. The molecule has 0 unspecified atom stereocenters. The van der Waals surface area contributed by atoms with E-state index in [1.54, 1.807) is 6.07 Å². The Labute approximate surface area is 114 Å². The largest absolute Gasteiger partial charge is 0.465 e. The number of piperidine rings is 1. The van der Waals surface area contributed by atoms with Gasteiger partial charge in [0.25, 0.3) is 0 Å². The lowest BCUT2D eigenvalue weighted by molar-refractivity contribution is 0.0602. The SMILES string of the molecule is COC(=O)c1cccc(N2CCCC(C)(C)C2)c1N. The fourth-order valence-electron chi connectivity index (χ4n) is 2.75. The fourth-order valence-corrected chi connectivity index (χ4v) is 2.75. The van der Waals surface area contributed by atoms with Gasteiger partial charge in [0, 0.05) is 13.1 Å². The van der Waals surface area contributed by atoms with Gasteiger partial charge in [0.1, 0.15) is 0 Å². The van der Waals surface area contributed by atoms with E-state index < -0.39 is 0 Å². The zero-order chi connectivity index (χ0) is 14.0. The molecule has 0 bridgehead atoms. The van der Waals surface area contributed by atoms with Crippen LogP contribution >= 0.6 is 0 Å². The molecule has 0 spiro atoms. The van der Waals surface area contributed by atoms with E-state index in [2.05, 4.69) is 18.7 Å². The topological polar surface area (TPSA) is 55.6 Å². The van der Waals surface area contributed by atoms with Crippen LogP contribution in [0.1, 0.15) is 37.0 Å². The molecule has 1 aliphatic rings. The predicted octanol–water partition coefficient (Wildman–Crippen LogP) is 2.68. The molecule has 1 fully saturated rings. The number of esters is 1. The second-order valence-electron chi connectivity index (χ2n) is 5.92. The molecule has 4 heteroatoms. The van der Waals surface area contributed by atoms with Crippen LogP contribution in [0.15, 0.2) is 18.2 Å². The molecule has 0 amide bonds. The maximum atomic E-state index is 11.7. The molecule has 0 aliphatic carbocycles. The Morgan fingerprint density at radius 3 is 2.79 bits per heavy atom. The fraction of sp³-hybridized carbons (Fsp3) is 0.533. The summed E-state index contributed by atoms with van der Waals surface area (Å²) in [5, 5.41) is 0. The minimum Gasteiger partial charge on any atom is -0.465 e. The quantitative estimate of drug-likeness (QED) is 0.657. The number of hydrogen-bond donors (Lipinski definition) is 1. The highest BCUT2D eigenvalue weighted by atomic mass is 16.5. The number of rotatable bonds is 2. The summed E-state index contributed by atoms with van der Waals surface area (Å²) < 4.78 is 4.76. The van der Waals surface area contributed by atoms with Crippen molar-refractivity contribution in [3.05, 3.63) is 23.8 Å². The van der Waals surface area contributed by atoms with Crippen LogP contribution in [0.4, 0.5) is 11.4 Å². The number of para-hydroxylation sites is 1. The molecule has 4 nitrogen and oxygen atoms in total. The Hall–Kier alpha value is -1.71. The standard InChI is InChI=1S/C15H22N2O2/c1-15(2)8-5-9-17(10-15)12-7-4-6-11(13(12)16)14(18)19-3/h4,6-7H,5,8-10,16H2,1-3H3. The molecular weight excluding hydrogens is 240 g/mol. The number of anilines is 2. The first-order chi connectivity index (χ1) is 8.94. The van der Waals surface area contributed by atoms with Crippen molar-refractivity contribution in [1.29, 1.82) is 0 Å². The van der Waals surface area contributed by atoms with Crippen LogP contribution in [0, 0.1) is 5.41 Å². The molecule has 2 N–H and O–H groups in total. The summed E-state index contributed by atoms with van der Waals surface area (Å²) in [6.45, 7) is 6.47. The number of nitrogen functional groups attached to an aromatic ring is 1. The Kier molecular flexibility index (Phi) is 3.69. The Balaban J connectivity index is 2.32. The average Bonchev–Trinajstić information content (AvgIpc) is 2.37. The lowest BCUT2D eigenvalue weighted by Gasteiger charge is -2.40. The van der Waals surface area contributed by atoms with Gasteiger partial charge in [-0.1, -0.05) is 19.9 Å². The maximum Gasteiger partial charge on any atom is 0.340 e. The van der Waals surface area contributed by atoms with Crippen molar-refractivity contribution in [3.63, 3.8) is 0 Å². The van der Waals surface area contributed by atoms with Gasteiger partial charge >= 0.3 is 5.97 Å². The third-order valence-electron chi connectivity index (χ3n) is 3.73. The van der Waals surface area contributed by atoms with Crippen molar-refractivity contribution in [2.75, 3.05) is 30.8 Å². The van der Waals surface area contributed by atoms with Gasteiger partial charge in [0.15, 0.2) is 0 Å². The third kappa shape index (κ3) is 2.83. The third-order valence-corrected chi connectivity index (χ3v) is 3.73. The van der Waals surface area contributed by atoms with Crippen LogP contribution in [0.3, 0.4) is 0 Å². The minimum atomic E-state index is -0.379. The van der Waals surface area contributed by atoms with E-state index in [0.29, 0.717) is 11.3 Å². The van der Waals surface area contributed by atoms with Crippen molar-refractivity contribution >= 4 is 17.3 Å². The number of methoxy groups -OCH3 is 1. The average molecular weight is 262 g/mol. The number of benzene rings is 1. The molecular formula is C15H22N2O2. The monoisotopic (exact) mass is 262 g/mol. The second kappa shape index (κ2) is 5.11. The van der Waals surface area contributed by atoms with Crippen LogP contribution in [0.25, 0.3) is 0 Å². The van der Waals surface area contributed by atoms with Crippen molar-refractivity contribution in [2.45, 2.75) is 26.7 Å². The molecule has 1 aliphatic heterocycles. The zero-order valence-corrected chi connectivity index (χ0v) is 11.9. The van der Waals surface area contributed by atoms with E-state index in [-0.39, 0.29) is 11.4 Å². The molecule has 104 valence electrons. The highest BCUT2D eigenvalue weighted by Gasteiger charge is 2.28. The summed E-state index contributed by atoms with van der Waals surface area (Å²) in [7, 11) is 1.37. The normalized spacial score (nSPS) is 18.2. The van der Waals surface area contributed by atoms with E-state index in [0.717, 1.165) is 25.2 Å². The Bertz CT molecular complexity index is 483. The van der Waals surface area contributed by atoms with Crippen molar-refractivity contribution in [2.24, 2.45) is 5.41 Å². The smallest absolute Gasteiger partial charge is 0.340 e. The van der Waals surface area contributed by atoms with E-state index in [1.807, 2.05) is 12.1 Å². The summed E-state index contributed by atoms with van der Waals surface area (Å²) in [6, 6.07) is 5.54. The molecule has 1 aromatic rings. The van der Waals surface area contributed by atoms with E-state index in [1.165, 1.54) is 13.5 Å². The molecule has 19 heavy (non-hydrogen) atoms. The number of carbonyl (C=O) groups excluding carboxylic acids is 1. The zero-order valence-electron chi connectivity index (χ0n) is 11.9. The van der Waals surface area contributed by atoms with Gasteiger partial charge in [-0.05, 0) is 30.4 Å². The number of nitrogens with zero attached hydrogens (tertiary/aromatic N) is 1. The van der Waals surface area contributed by atoms with Crippen molar-refractivity contribution in [3.8, 4) is 0 Å². The van der Waals surface area contributed by atoms with Gasteiger partial charge in [-0.25, -0.2) is 4.79 Å². The number of nitrogens with two attached hydrogens (primary N) is 1. The Morgan fingerprint density at radius 1 is 1.42 bits per heavy atom. The number of carbonyl (C=O) groups is 1. The molecule has 0 atom stereocenters. The molecule has 2 rings (SSSR count). The van der Waals surface area contributed by atoms with E-state index in [4.69, 9.17) is 10.5 Å². The molecule has 1 heterocycles. The number of hydrogen-bond acceptors (Lipinski definition) is 4. The minimum absolute atomic E-state index is 0.284. The highest BCUT2D eigenvalue weighted by Crippen LogP contribution is 2.35. The molecule has 1 saturated heterocycles. The Morgan fingerprint density at radius 2 is 2.16 bits per heavy atom. The van der Waals surface area contributed by atoms with Crippen LogP contribution in [-0.2, 0) is 4.74 Å². The summed E-state index contributed by atoms with van der Waals surface area (Å²) in [6.07, 6.45) is 2.37. The summed E-state index contributed by atoms with van der Waals surface area (Å²) in [4.78, 5) is 13.9. The maximum absolute atomic E-state index is 11.7. The van der Waals surface area contributed by atoms with Crippen LogP contribution in [-0.4, -0.2) is 26.2 Å². The molecule has 0 saturated carbocycles. The van der Waals surface area contributed by atoms with Gasteiger partial charge in [-0.3, -0.25) is 0 Å². The molecule has 1 aromatic carbocycles. The van der Waals surface area contributed by atoms with Gasteiger partial charge in [0.2, 0.25) is 0 Å². The van der Waals surface area contributed by atoms with Crippen LogP contribution in [0.5, 0.6) is 0 Å². The number of ether oxygens (including phenoxy) is 1. The predicted molar refractivity (Wildman–Crippen MR) is 77.4 cm³/mol. The lowest BCUT2D eigenvalue weighted by atomic mass is 9.84. The van der Waals surface area contributed by atoms with Gasteiger partial charge in [0.05, 0.1) is 24.0 Å².